The van der Waals surface area contributed by atoms with Crippen LogP contribution in [-0.2, 0) is 7.05 Å². The Labute approximate surface area is 179 Å². The molecule has 2 aromatic heterocycles. The number of benzene rings is 2. The van der Waals surface area contributed by atoms with Crippen LogP contribution in [0, 0.1) is 13.8 Å². The smallest absolute Gasteiger partial charge is 0.267 e. The molecule has 3 N–H and O–H groups in total. The van der Waals surface area contributed by atoms with Gasteiger partial charge in [0, 0.05) is 22.5 Å². The molecule has 148 valence electrons. The molecule has 2 heterocycles. The maximum Gasteiger partial charge on any atom is 0.267 e. The van der Waals surface area contributed by atoms with Crippen molar-refractivity contribution in [2.24, 2.45) is 7.05 Å². The number of phenols is 1. The molecule has 4 rings (SSSR count). The Bertz CT molecular complexity index is 1250. The highest BCUT2D eigenvalue weighted by molar-refractivity contribution is 9.10. The van der Waals surface area contributed by atoms with Crippen LogP contribution in [0.4, 0.5) is 16.6 Å². The van der Waals surface area contributed by atoms with E-state index in [2.05, 4.69) is 36.6 Å². The Kier molecular flexibility index (Phi) is 5.01. The highest BCUT2D eigenvalue weighted by Gasteiger charge is 2.16. The van der Waals surface area contributed by atoms with Crippen LogP contribution < -0.4 is 10.6 Å². The van der Waals surface area contributed by atoms with Gasteiger partial charge >= 0.3 is 0 Å². The zero-order valence-corrected chi connectivity index (χ0v) is 18.3. The number of nitrogens with zero attached hydrogens (tertiary/aromatic N) is 3. The molecule has 9 heteroatoms. The number of nitrogens with one attached hydrogen (secondary N) is 2. The van der Waals surface area contributed by atoms with Crippen LogP contribution in [0.15, 0.2) is 41.0 Å². The number of thiazole rings is 1. The number of carbonyl (C=O) groups is 1. The summed E-state index contributed by atoms with van der Waals surface area (Å²) in [7, 11) is 1.88. The second-order valence-corrected chi connectivity index (χ2v) is 8.59. The van der Waals surface area contributed by atoms with Gasteiger partial charge in [0.1, 0.15) is 10.6 Å². The Hall–Kier alpha value is -2.91. The van der Waals surface area contributed by atoms with Gasteiger partial charge in [-0.25, -0.2) is 4.98 Å². The molecule has 0 aliphatic rings. The number of rotatable bonds is 4. The van der Waals surface area contributed by atoms with E-state index in [1.165, 1.54) is 17.5 Å². The summed E-state index contributed by atoms with van der Waals surface area (Å²) in [5.74, 6) is 0.546. The number of carbonyl (C=O) groups excluding carboxylic acids is 1. The van der Waals surface area contributed by atoms with Crippen molar-refractivity contribution in [2.75, 3.05) is 10.6 Å². The Morgan fingerprint density at radius 3 is 2.83 bits per heavy atom. The standard InChI is InChI=1S/C20H18BrN5O2S/c1-10-4-7-15(27)11(2)17(10)23-19(28)16-9-22-20(29-16)24-18-13-6-5-12(21)8-14(13)26(3)25-18/h4-9,27H,1-3H3,(H,23,28)(H,22,24,25). The van der Waals surface area contributed by atoms with Crippen molar-refractivity contribution in [1.29, 1.82) is 0 Å². The second-order valence-electron chi connectivity index (χ2n) is 6.64. The van der Waals surface area contributed by atoms with Crippen molar-refractivity contribution in [3.63, 3.8) is 0 Å². The number of phenolic OH excluding ortho intramolecular Hbond substituents is 1. The molecule has 0 aliphatic carbocycles. The summed E-state index contributed by atoms with van der Waals surface area (Å²) in [4.78, 5) is 17.4. The highest BCUT2D eigenvalue weighted by Crippen LogP contribution is 2.31. The molecule has 0 atom stereocenters. The van der Waals surface area contributed by atoms with Gasteiger partial charge in [0.05, 0.1) is 17.4 Å². The third-order valence-corrected chi connectivity index (χ3v) is 6.06. The number of hydrogen-bond donors (Lipinski definition) is 3. The van der Waals surface area contributed by atoms with E-state index >= 15 is 0 Å². The molecule has 0 unspecified atom stereocenters. The first-order chi connectivity index (χ1) is 13.8. The molecule has 0 saturated carbocycles. The molecule has 4 aromatic rings. The van der Waals surface area contributed by atoms with Gasteiger partial charge in [0.25, 0.3) is 5.91 Å². The maximum absolute atomic E-state index is 12.7. The van der Waals surface area contributed by atoms with Gasteiger partial charge in [-0.15, -0.1) is 0 Å². The summed E-state index contributed by atoms with van der Waals surface area (Å²) in [5.41, 5.74) is 3.10. The van der Waals surface area contributed by atoms with Crippen LogP contribution in [0.3, 0.4) is 0 Å². The molecule has 0 spiro atoms. The zero-order chi connectivity index (χ0) is 20.7. The summed E-state index contributed by atoms with van der Waals surface area (Å²) < 4.78 is 2.77. The van der Waals surface area contributed by atoms with E-state index in [4.69, 9.17) is 0 Å². The zero-order valence-electron chi connectivity index (χ0n) is 15.9. The SMILES string of the molecule is Cc1ccc(O)c(C)c1NC(=O)c1cnc(Nc2nn(C)c3cc(Br)ccc23)s1. The van der Waals surface area contributed by atoms with Gasteiger partial charge in [-0.05, 0) is 43.7 Å². The Morgan fingerprint density at radius 1 is 1.24 bits per heavy atom. The quantitative estimate of drug-likeness (QED) is 0.384. The van der Waals surface area contributed by atoms with E-state index in [1.807, 2.05) is 32.2 Å². The third kappa shape index (κ3) is 3.70. The number of amides is 1. The largest absolute Gasteiger partial charge is 0.508 e. The van der Waals surface area contributed by atoms with Gasteiger partial charge in [-0.1, -0.05) is 33.3 Å². The molecule has 2 aromatic carbocycles. The lowest BCUT2D eigenvalue weighted by Gasteiger charge is -2.11. The number of fused-ring (bicyclic) bond motifs is 1. The fourth-order valence-corrected chi connectivity index (χ4v) is 4.12. The number of anilines is 3. The highest BCUT2D eigenvalue weighted by atomic mass is 79.9. The van der Waals surface area contributed by atoms with Crippen LogP contribution in [0.1, 0.15) is 20.8 Å². The predicted molar refractivity (Wildman–Crippen MR) is 119 cm³/mol. The van der Waals surface area contributed by atoms with E-state index in [-0.39, 0.29) is 11.7 Å². The molecular weight excluding hydrogens is 454 g/mol. The van der Waals surface area contributed by atoms with Crippen LogP contribution in [0.2, 0.25) is 0 Å². The molecule has 0 aliphatic heterocycles. The summed E-state index contributed by atoms with van der Waals surface area (Å²) >= 11 is 4.71. The molecule has 0 saturated heterocycles. The summed E-state index contributed by atoms with van der Waals surface area (Å²) in [6.07, 6.45) is 1.53. The molecule has 0 radical (unpaired) electrons. The number of aryl methyl sites for hydroxylation is 2. The lowest BCUT2D eigenvalue weighted by atomic mass is 10.1. The molecular formula is C20H18BrN5O2S. The van der Waals surface area contributed by atoms with Crippen molar-refractivity contribution >= 4 is 60.7 Å². The summed E-state index contributed by atoms with van der Waals surface area (Å²) in [6, 6.07) is 9.31. The van der Waals surface area contributed by atoms with Gasteiger partial charge in [-0.2, -0.15) is 5.10 Å². The first kappa shape index (κ1) is 19.4. The van der Waals surface area contributed by atoms with E-state index in [9.17, 15) is 9.90 Å². The molecule has 1 amide bonds. The van der Waals surface area contributed by atoms with Crippen molar-refractivity contribution < 1.29 is 9.90 Å². The van der Waals surface area contributed by atoms with Gasteiger partial charge in [-0.3, -0.25) is 9.48 Å². The molecule has 0 bridgehead atoms. The number of hydrogen-bond acceptors (Lipinski definition) is 6. The molecule has 0 fully saturated rings. The van der Waals surface area contributed by atoms with Crippen molar-refractivity contribution in [3.05, 3.63) is 57.0 Å². The predicted octanol–water partition coefficient (Wildman–Crippen LogP) is 5.11. The average Bonchev–Trinajstić information content (AvgIpc) is 3.27. The summed E-state index contributed by atoms with van der Waals surface area (Å²) in [6.45, 7) is 3.65. The van der Waals surface area contributed by atoms with E-state index in [0.29, 0.717) is 27.1 Å². The lowest BCUT2D eigenvalue weighted by molar-refractivity contribution is 0.103. The van der Waals surface area contributed by atoms with E-state index < -0.39 is 0 Å². The van der Waals surface area contributed by atoms with Crippen LogP contribution >= 0.6 is 27.3 Å². The van der Waals surface area contributed by atoms with Crippen molar-refractivity contribution in [1.82, 2.24) is 14.8 Å². The van der Waals surface area contributed by atoms with Crippen molar-refractivity contribution in [2.45, 2.75) is 13.8 Å². The second kappa shape index (κ2) is 7.49. The third-order valence-electron chi connectivity index (χ3n) is 4.65. The Balaban J connectivity index is 1.56. The number of aromatic hydroxyl groups is 1. The van der Waals surface area contributed by atoms with Gasteiger partial charge < -0.3 is 15.7 Å². The molecule has 7 nitrogen and oxygen atoms in total. The lowest BCUT2D eigenvalue weighted by Crippen LogP contribution is -2.12. The number of aromatic nitrogens is 3. The molecule has 29 heavy (non-hydrogen) atoms. The number of halogens is 1. The fourth-order valence-electron chi connectivity index (χ4n) is 3.06. The van der Waals surface area contributed by atoms with E-state index in [1.54, 1.807) is 23.7 Å². The minimum absolute atomic E-state index is 0.145. The normalized spacial score (nSPS) is 11.0. The summed E-state index contributed by atoms with van der Waals surface area (Å²) in [5, 5.41) is 22.0. The average molecular weight is 472 g/mol. The first-order valence-corrected chi connectivity index (χ1v) is 10.4. The van der Waals surface area contributed by atoms with Gasteiger partial charge in [0.2, 0.25) is 0 Å². The minimum atomic E-state index is -0.276. The van der Waals surface area contributed by atoms with Gasteiger partial charge in [0.15, 0.2) is 10.9 Å². The first-order valence-electron chi connectivity index (χ1n) is 8.79. The van der Waals surface area contributed by atoms with Crippen LogP contribution in [0.5, 0.6) is 5.75 Å². The van der Waals surface area contributed by atoms with Crippen molar-refractivity contribution in [3.8, 4) is 5.75 Å². The monoisotopic (exact) mass is 471 g/mol. The van der Waals surface area contributed by atoms with E-state index in [0.717, 1.165) is 20.9 Å². The topological polar surface area (TPSA) is 92.1 Å². The minimum Gasteiger partial charge on any atom is -0.508 e. The maximum atomic E-state index is 12.7. The fraction of sp³-hybridized carbons (Fsp3) is 0.150. The van der Waals surface area contributed by atoms with Crippen LogP contribution in [-0.4, -0.2) is 25.8 Å². The van der Waals surface area contributed by atoms with Crippen LogP contribution in [0.25, 0.3) is 10.9 Å². The Morgan fingerprint density at radius 2 is 2.03 bits per heavy atom.